The number of unbranched alkanes of at least 4 members (excludes halogenated alkanes) is 1. The van der Waals surface area contributed by atoms with Gasteiger partial charge in [0.2, 0.25) is 5.78 Å². The van der Waals surface area contributed by atoms with Gasteiger partial charge in [-0.15, -0.1) is 6.58 Å². The topological polar surface area (TPSA) is 51.2 Å². The van der Waals surface area contributed by atoms with Crippen LogP contribution in [-0.2, 0) is 14.4 Å². The van der Waals surface area contributed by atoms with E-state index in [1.54, 1.807) is 19.9 Å². The summed E-state index contributed by atoms with van der Waals surface area (Å²) in [5.74, 6) is -1.03. The Bertz CT molecular complexity index is 277. The van der Waals surface area contributed by atoms with Crippen LogP contribution in [0.4, 0.5) is 0 Å². The molecule has 0 aromatic carbocycles. The predicted octanol–water partition coefficient (Wildman–Crippen LogP) is 2.49. The van der Waals surface area contributed by atoms with Crippen molar-refractivity contribution in [1.29, 1.82) is 0 Å². The number of allylic oxidation sites excluding steroid dienone is 1. The van der Waals surface area contributed by atoms with E-state index in [1.807, 2.05) is 0 Å². The number of carbonyl (C=O) groups excluding carboxylic acids is 3. The third-order valence-electron chi connectivity index (χ3n) is 2.29. The SMILES string of the molecule is C=CCCCC(=O)CCC(=O)C(=O)C(C)C. The highest BCUT2D eigenvalue weighted by Crippen LogP contribution is 2.05. The summed E-state index contributed by atoms with van der Waals surface area (Å²) >= 11 is 0. The highest BCUT2D eigenvalue weighted by molar-refractivity contribution is 6.38. The highest BCUT2D eigenvalue weighted by Gasteiger charge is 2.17. The molecule has 16 heavy (non-hydrogen) atoms. The van der Waals surface area contributed by atoms with Gasteiger partial charge in [0, 0.05) is 25.2 Å². The van der Waals surface area contributed by atoms with Crippen LogP contribution in [0.5, 0.6) is 0 Å². The van der Waals surface area contributed by atoms with Crippen LogP contribution < -0.4 is 0 Å². The summed E-state index contributed by atoms with van der Waals surface area (Å²) in [7, 11) is 0. The Labute approximate surface area is 96.9 Å². The molecule has 0 N–H and O–H groups in total. The third-order valence-corrected chi connectivity index (χ3v) is 2.29. The van der Waals surface area contributed by atoms with E-state index >= 15 is 0 Å². The first-order valence-electron chi connectivity index (χ1n) is 5.68. The molecule has 3 nitrogen and oxygen atoms in total. The average molecular weight is 224 g/mol. The van der Waals surface area contributed by atoms with Gasteiger partial charge in [-0.1, -0.05) is 19.9 Å². The number of rotatable bonds is 9. The number of hydrogen-bond acceptors (Lipinski definition) is 3. The van der Waals surface area contributed by atoms with Crippen LogP contribution in [0.2, 0.25) is 0 Å². The maximum atomic E-state index is 11.3. The van der Waals surface area contributed by atoms with Crippen molar-refractivity contribution in [3.05, 3.63) is 12.7 Å². The minimum Gasteiger partial charge on any atom is -0.300 e. The zero-order valence-corrected chi connectivity index (χ0v) is 10.1. The summed E-state index contributed by atoms with van der Waals surface area (Å²) in [6.45, 7) is 6.94. The molecule has 0 rings (SSSR count). The molecular formula is C13H20O3. The monoisotopic (exact) mass is 224 g/mol. The van der Waals surface area contributed by atoms with Crippen molar-refractivity contribution in [3.8, 4) is 0 Å². The smallest absolute Gasteiger partial charge is 0.200 e. The third kappa shape index (κ3) is 6.27. The molecule has 0 aliphatic rings. The van der Waals surface area contributed by atoms with Gasteiger partial charge in [-0.3, -0.25) is 14.4 Å². The molecule has 0 atom stereocenters. The Kier molecular flexibility index (Phi) is 7.34. The number of carbonyl (C=O) groups is 3. The van der Waals surface area contributed by atoms with Crippen LogP contribution in [0, 0.1) is 5.92 Å². The lowest BCUT2D eigenvalue weighted by molar-refractivity contribution is -0.138. The van der Waals surface area contributed by atoms with E-state index in [0.29, 0.717) is 6.42 Å². The van der Waals surface area contributed by atoms with E-state index in [9.17, 15) is 14.4 Å². The van der Waals surface area contributed by atoms with Crippen LogP contribution >= 0.6 is 0 Å². The second-order valence-corrected chi connectivity index (χ2v) is 4.16. The molecule has 90 valence electrons. The minimum atomic E-state index is -0.424. The molecule has 0 saturated heterocycles. The largest absolute Gasteiger partial charge is 0.300 e. The lowest BCUT2D eigenvalue weighted by Crippen LogP contribution is -2.20. The summed E-state index contributed by atoms with van der Waals surface area (Å²) in [5, 5.41) is 0. The molecule has 0 amide bonds. The zero-order chi connectivity index (χ0) is 12.6. The molecule has 0 aromatic rings. The number of hydrogen-bond donors (Lipinski definition) is 0. The number of Topliss-reactive ketones (excluding diaryl/α,β-unsaturated/α-hetero) is 3. The quantitative estimate of drug-likeness (QED) is 0.343. The van der Waals surface area contributed by atoms with Gasteiger partial charge in [-0.25, -0.2) is 0 Å². The average Bonchev–Trinajstić information content (AvgIpc) is 2.25. The maximum Gasteiger partial charge on any atom is 0.200 e. The van der Waals surface area contributed by atoms with E-state index in [2.05, 4.69) is 6.58 Å². The lowest BCUT2D eigenvalue weighted by atomic mass is 10.00. The van der Waals surface area contributed by atoms with Crippen LogP contribution in [0.1, 0.15) is 46.0 Å². The highest BCUT2D eigenvalue weighted by atomic mass is 16.2. The van der Waals surface area contributed by atoms with Gasteiger partial charge in [0.25, 0.3) is 0 Å². The van der Waals surface area contributed by atoms with Crippen molar-refractivity contribution >= 4 is 17.3 Å². The molecular weight excluding hydrogens is 204 g/mol. The minimum absolute atomic E-state index is 0.0479. The predicted molar refractivity (Wildman–Crippen MR) is 63.1 cm³/mol. The fourth-order valence-electron chi connectivity index (χ4n) is 1.27. The fourth-order valence-corrected chi connectivity index (χ4v) is 1.27. The van der Waals surface area contributed by atoms with Crippen LogP contribution in [0.3, 0.4) is 0 Å². The summed E-state index contributed by atoms with van der Waals surface area (Å²) in [5.41, 5.74) is 0. The van der Waals surface area contributed by atoms with Gasteiger partial charge in [-0.2, -0.15) is 0 Å². The van der Waals surface area contributed by atoms with Crippen molar-refractivity contribution in [1.82, 2.24) is 0 Å². The van der Waals surface area contributed by atoms with Crippen molar-refractivity contribution in [2.75, 3.05) is 0 Å². The molecule has 0 spiro atoms. The van der Waals surface area contributed by atoms with Crippen molar-refractivity contribution in [2.24, 2.45) is 5.92 Å². The van der Waals surface area contributed by atoms with Gasteiger partial charge in [0.15, 0.2) is 5.78 Å². The molecule has 0 fully saturated rings. The lowest BCUT2D eigenvalue weighted by Gasteiger charge is -2.02. The molecule has 0 saturated carbocycles. The maximum absolute atomic E-state index is 11.3. The first kappa shape index (κ1) is 14.8. The zero-order valence-electron chi connectivity index (χ0n) is 10.1. The Morgan fingerprint density at radius 3 is 2.25 bits per heavy atom. The van der Waals surface area contributed by atoms with Gasteiger partial charge >= 0.3 is 0 Å². The van der Waals surface area contributed by atoms with Gasteiger partial charge in [0.1, 0.15) is 5.78 Å². The van der Waals surface area contributed by atoms with Crippen LogP contribution in [-0.4, -0.2) is 17.3 Å². The molecule has 0 bridgehead atoms. The van der Waals surface area contributed by atoms with Gasteiger partial charge in [-0.05, 0) is 12.8 Å². The molecule has 0 unspecified atom stereocenters. The Hall–Kier alpha value is -1.25. The summed E-state index contributed by atoms with van der Waals surface area (Å²) < 4.78 is 0. The first-order valence-corrected chi connectivity index (χ1v) is 5.68. The molecule has 3 heteroatoms. The Morgan fingerprint density at radius 2 is 1.75 bits per heavy atom. The van der Waals surface area contributed by atoms with Crippen molar-refractivity contribution in [3.63, 3.8) is 0 Å². The molecule has 0 aliphatic carbocycles. The normalized spacial score (nSPS) is 10.2. The standard InChI is InChI=1S/C13H20O3/c1-4-5-6-7-11(14)8-9-12(15)13(16)10(2)3/h4,10H,1,5-9H2,2-3H3. The van der Waals surface area contributed by atoms with Gasteiger partial charge < -0.3 is 0 Å². The second kappa shape index (κ2) is 7.97. The van der Waals surface area contributed by atoms with E-state index < -0.39 is 5.78 Å². The van der Waals surface area contributed by atoms with Crippen LogP contribution in [0.15, 0.2) is 12.7 Å². The van der Waals surface area contributed by atoms with Crippen molar-refractivity contribution in [2.45, 2.75) is 46.0 Å². The van der Waals surface area contributed by atoms with E-state index in [4.69, 9.17) is 0 Å². The summed E-state index contributed by atoms with van der Waals surface area (Å²) in [6.07, 6.45) is 4.06. The van der Waals surface area contributed by atoms with E-state index in [-0.39, 0.29) is 30.3 Å². The van der Waals surface area contributed by atoms with Crippen molar-refractivity contribution < 1.29 is 14.4 Å². The molecule has 0 radical (unpaired) electrons. The van der Waals surface area contributed by atoms with Gasteiger partial charge in [0.05, 0.1) is 0 Å². The first-order chi connectivity index (χ1) is 7.49. The second-order valence-electron chi connectivity index (χ2n) is 4.16. The summed E-state index contributed by atoms with van der Waals surface area (Å²) in [6, 6.07) is 0. The Balaban J connectivity index is 3.79. The Morgan fingerprint density at radius 1 is 1.12 bits per heavy atom. The summed E-state index contributed by atoms with van der Waals surface area (Å²) in [4.78, 5) is 33.9. The molecule has 0 heterocycles. The molecule has 0 aromatic heterocycles. The fraction of sp³-hybridized carbons (Fsp3) is 0.615. The van der Waals surface area contributed by atoms with E-state index in [1.165, 1.54) is 0 Å². The van der Waals surface area contributed by atoms with E-state index in [0.717, 1.165) is 12.8 Å². The molecule has 0 aliphatic heterocycles. The van der Waals surface area contributed by atoms with Crippen LogP contribution in [0.25, 0.3) is 0 Å². The number of ketones is 3.